The van der Waals surface area contributed by atoms with Gasteiger partial charge in [0.05, 0.1) is 25.5 Å². The highest BCUT2D eigenvalue weighted by molar-refractivity contribution is 8.93. The first kappa shape index (κ1) is 19.4. The summed E-state index contributed by atoms with van der Waals surface area (Å²) in [5.74, 6) is 2.81. The molecule has 0 saturated heterocycles. The van der Waals surface area contributed by atoms with E-state index in [9.17, 15) is 0 Å². The zero-order valence-corrected chi connectivity index (χ0v) is 17.7. The first-order valence-electron chi connectivity index (χ1n) is 8.15. The zero-order chi connectivity index (χ0) is 18.1. The first-order valence-corrected chi connectivity index (χ1v) is 9.13. The standard InChI is InChI=1S/C19H18N4O2S.BrH/c1-12-4-6-13(7-5-12)16-11-26-19-21-20-18(23(19)22-16)15-9-8-14(24-2)10-17(15)25-3;/h4-10H,11H2,1-3H3;1H. The molecule has 1 aliphatic heterocycles. The molecular formula is C19H19BrN4O2S. The van der Waals surface area contributed by atoms with Crippen molar-refractivity contribution in [1.29, 1.82) is 0 Å². The van der Waals surface area contributed by atoms with Crippen LogP contribution in [0.5, 0.6) is 11.5 Å². The molecule has 8 heteroatoms. The van der Waals surface area contributed by atoms with E-state index in [1.54, 1.807) is 30.7 Å². The molecule has 27 heavy (non-hydrogen) atoms. The van der Waals surface area contributed by atoms with Gasteiger partial charge < -0.3 is 9.47 Å². The first-order chi connectivity index (χ1) is 12.7. The van der Waals surface area contributed by atoms with Gasteiger partial charge in [-0.1, -0.05) is 41.6 Å². The summed E-state index contributed by atoms with van der Waals surface area (Å²) in [6.07, 6.45) is 0. The van der Waals surface area contributed by atoms with Gasteiger partial charge in [0.1, 0.15) is 11.5 Å². The Morgan fingerprint density at radius 2 is 1.78 bits per heavy atom. The molecule has 4 rings (SSSR count). The third-order valence-corrected chi connectivity index (χ3v) is 5.14. The largest absolute Gasteiger partial charge is 0.497 e. The van der Waals surface area contributed by atoms with Gasteiger partial charge in [0, 0.05) is 11.8 Å². The maximum Gasteiger partial charge on any atom is 0.212 e. The van der Waals surface area contributed by atoms with Crippen LogP contribution in [0.1, 0.15) is 11.1 Å². The summed E-state index contributed by atoms with van der Waals surface area (Å²) in [7, 11) is 3.25. The number of thioether (sulfide) groups is 1. The van der Waals surface area contributed by atoms with Gasteiger partial charge in [0.25, 0.3) is 0 Å². The van der Waals surface area contributed by atoms with E-state index in [1.165, 1.54) is 5.56 Å². The highest BCUT2D eigenvalue weighted by atomic mass is 79.9. The van der Waals surface area contributed by atoms with E-state index in [4.69, 9.17) is 14.6 Å². The lowest BCUT2D eigenvalue weighted by molar-refractivity contribution is 0.395. The van der Waals surface area contributed by atoms with Crippen molar-refractivity contribution < 1.29 is 9.47 Å². The van der Waals surface area contributed by atoms with Crippen LogP contribution in [-0.4, -0.2) is 40.6 Å². The second-order valence-electron chi connectivity index (χ2n) is 5.89. The fourth-order valence-corrected chi connectivity index (χ4v) is 3.60. The summed E-state index contributed by atoms with van der Waals surface area (Å²) < 4.78 is 12.6. The number of nitrogens with zero attached hydrogens (tertiary/aromatic N) is 4. The number of benzene rings is 2. The van der Waals surface area contributed by atoms with Crippen molar-refractivity contribution in [3.63, 3.8) is 0 Å². The van der Waals surface area contributed by atoms with E-state index in [1.807, 2.05) is 18.2 Å². The van der Waals surface area contributed by atoms with Crippen LogP contribution in [0.3, 0.4) is 0 Å². The maximum atomic E-state index is 5.51. The van der Waals surface area contributed by atoms with Crippen LogP contribution in [0.15, 0.2) is 52.7 Å². The van der Waals surface area contributed by atoms with Gasteiger partial charge in [-0.05, 0) is 24.6 Å². The number of hydrogen-bond donors (Lipinski definition) is 0. The molecule has 3 aromatic rings. The predicted octanol–water partition coefficient (Wildman–Crippen LogP) is 4.21. The normalized spacial score (nSPS) is 12.6. The Balaban J connectivity index is 0.00000210. The molecule has 0 atom stereocenters. The number of hydrogen-bond acceptors (Lipinski definition) is 6. The van der Waals surface area contributed by atoms with Gasteiger partial charge in [-0.15, -0.1) is 27.2 Å². The number of ether oxygens (including phenoxy) is 2. The van der Waals surface area contributed by atoms with Crippen molar-refractivity contribution >= 4 is 34.5 Å². The SMILES string of the molecule is Br.COc1ccc(-c2nnc3n2N=C(c2ccc(C)cc2)CS3)c(OC)c1. The molecule has 0 N–H and O–H groups in total. The molecule has 2 aromatic carbocycles. The number of halogens is 1. The van der Waals surface area contributed by atoms with Crippen LogP contribution in [0.2, 0.25) is 0 Å². The van der Waals surface area contributed by atoms with Crippen LogP contribution < -0.4 is 9.47 Å². The number of fused-ring (bicyclic) bond motifs is 1. The molecular weight excluding hydrogens is 428 g/mol. The Bertz CT molecular complexity index is 986. The number of rotatable bonds is 4. The summed E-state index contributed by atoms with van der Waals surface area (Å²) in [5, 5.41) is 14.2. The van der Waals surface area contributed by atoms with Crippen LogP contribution in [-0.2, 0) is 0 Å². The summed E-state index contributed by atoms with van der Waals surface area (Å²) >= 11 is 1.63. The van der Waals surface area contributed by atoms with E-state index in [-0.39, 0.29) is 17.0 Å². The molecule has 140 valence electrons. The van der Waals surface area contributed by atoms with Gasteiger partial charge in [-0.2, -0.15) is 9.78 Å². The molecule has 0 aliphatic carbocycles. The summed E-state index contributed by atoms with van der Waals surface area (Å²) in [6, 6.07) is 14.0. The smallest absolute Gasteiger partial charge is 0.212 e. The molecule has 6 nitrogen and oxygen atoms in total. The lowest BCUT2D eigenvalue weighted by Gasteiger charge is -2.15. The Morgan fingerprint density at radius 3 is 2.48 bits per heavy atom. The monoisotopic (exact) mass is 446 g/mol. The molecule has 0 bridgehead atoms. The van der Waals surface area contributed by atoms with Crippen LogP contribution in [0.4, 0.5) is 0 Å². The minimum absolute atomic E-state index is 0. The third-order valence-electron chi connectivity index (χ3n) is 4.21. The van der Waals surface area contributed by atoms with Crippen molar-refractivity contribution in [2.45, 2.75) is 12.1 Å². The molecule has 0 saturated carbocycles. The van der Waals surface area contributed by atoms with Gasteiger partial charge >= 0.3 is 0 Å². The van der Waals surface area contributed by atoms with E-state index in [0.717, 1.165) is 33.5 Å². The molecule has 0 radical (unpaired) electrons. The van der Waals surface area contributed by atoms with Gasteiger partial charge in [0.2, 0.25) is 5.16 Å². The third kappa shape index (κ3) is 3.72. The minimum atomic E-state index is 0. The fraction of sp³-hybridized carbons (Fsp3) is 0.211. The van der Waals surface area contributed by atoms with Gasteiger partial charge in [-0.25, -0.2) is 0 Å². The highest BCUT2D eigenvalue weighted by Gasteiger charge is 2.22. The number of methoxy groups -OCH3 is 2. The van der Waals surface area contributed by atoms with Gasteiger partial charge in [-0.3, -0.25) is 0 Å². The molecule has 1 aromatic heterocycles. The molecule has 0 unspecified atom stereocenters. The van der Waals surface area contributed by atoms with Gasteiger partial charge in [0.15, 0.2) is 5.82 Å². The number of aromatic nitrogens is 3. The minimum Gasteiger partial charge on any atom is -0.497 e. The summed E-state index contributed by atoms with van der Waals surface area (Å²) in [5.41, 5.74) is 4.15. The van der Waals surface area contributed by atoms with E-state index in [2.05, 4.69) is 41.4 Å². The molecule has 2 heterocycles. The van der Waals surface area contributed by atoms with E-state index < -0.39 is 0 Å². The van der Waals surface area contributed by atoms with E-state index >= 15 is 0 Å². The van der Waals surface area contributed by atoms with Crippen molar-refractivity contribution in [3.8, 4) is 22.9 Å². The average molecular weight is 447 g/mol. The Morgan fingerprint density at radius 1 is 1.00 bits per heavy atom. The fourth-order valence-electron chi connectivity index (χ4n) is 2.77. The van der Waals surface area contributed by atoms with E-state index in [0.29, 0.717) is 11.6 Å². The second kappa shape index (κ2) is 8.14. The lowest BCUT2D eigenvalue weighted by atomic mass is 10.1. The van der Waals surface area contributed by atoms with Crippen molar-refractivity contribution in [2.24, 2.45) is 5.10 Å². The Labute approximate surface area is 172 Å². The maximum absolute atomic E-state index is 5.51. The lowest BCUT2D eigenvalue weighted by Crippen LogP contribution is -2.13. The highest BCUT2D eigenvalue weighted by Crippen LogP contribution is 2.35. The zero-order valence-electron chi connectivity index (χ0n) is 15.2. The van der Waals surface area contributed by atoms with Crippen molar-refractivity contribution in [1.82, 2.24) is 14.9 Å². The molecule has 0 amide bonds. The molecule has 1 aliphatic rings. The van der Waals surface area contributed by atoms with Crippen LogP contribution in [0, 0.1) is 6.92 Å². The predicted molar refractivity (Wildman–Crippen MR) is 113 cm³/mol. The second-order valence-corrected chi connectivity index (χ2v) is 6.83. The summed E-state index contributed by atoms with van der Waals surface area (Å²) in [6.45, 7) is 2.08. The Kier molecular flexibility index (Phi) is 5.86. The molecule has 0 spiro atoms. The molecule has 0 fully saturated rings. The quantitative estimate of drug-likeness (QED) is 0.600. The topological polar surface area (TPSA) is 61.5 Å². The summed E-state index contributed by atoms with van der Waals surface area (Å²) in [4.78, 5) is 0. The average Bonchev–Trinajstić information content (AvgIpc) is 3.11. The van der Waals surface area contributed by atoms with Crippen molar-refractivity contribution in [2.75, 3.05) is 20.0 Å². The van der Waals surface area contributed by atoms with Crippen molar-refractivity contribution in [3.05, 3.63) is 53.6 Å². The number of aryl methyl sites for hydroxylation is 1. The Hall–Kier alpha value is -2.32. The van der Waals surface area contributed by atoms with Crippen LogP contribution >= 0.6 is 28.7 Å². The van der Waals surface area contributed by atoms with Crippen LogP contribution in [0.25, 0.3) is 11.4 Å².